The summed E-state index contributed by atoms with van der Waals surface area (Å²) in [4.78, 5) is 14.5. The molecule has 1 N–H and O–H groups in total. The summed E-state index contributed by atoms with van der Waals surface area (Å²) in [5.41, 5.74) is 0.746. The molecule has 140 valence electrons. The molecule has 0 aliphatic carbocycles. The highest BCUT2D eigenvalue weighted by Gasteiger charge is 2.30. The van der Waals surface area contributed by atoms with Crippen LogP contribution in [0, 0.1) is 5.92 Å². The standard InChI is InChI=1S/C17H22F2N2O3.ClH/c18-17(19)24-14-3-1-2-13(10-14)15-11-21(8-9-23-15)16(22)12-4-6-20-7-5-12;/h1-3,10,12,15,17,20H,4-9,11H2;1H. The largest absolute Gasteiger partial charge is 0.435 e. The van der Waals surface area contributed by atoms with Crippen LogP contribution in [0.25, 0.3) is 0 Å². The molecular weight excluding hydrogens is 354 g/mol. The number of nitrogens with zero attached hydrogens (tertiary/aromatic N) is 1. The molecule has 25 heavy (non-hydrogen) atoms. The molecule has 1 amide bonds. The highest BCUT2D eigenvalue weighted by Crippen LogP contribution is 2.27. The molecule has 5 nitrogen and oxygen atoms in total. The number of amides is 1. The van der Waals surface area contributed by atoms with Crippen molar-refractivity contribution in [1.82, 2.24) is 10.2 Å². The quantitative estimate of drug-likeness (QED) is 0.877. The summed E-state index contributed by atoms with van der Waals surface area (Å²) in [6, 6.07) is 6.50. The first-order valence-corrected chi connectivity index (χ1v) is 8.29. The predicted octanol–water partition coefficient (Wildman–Crippen LogP) is 2.61. The molecule has 2 aliphatic heterocycles. The van der Waals surface area contributed by atoms with Gasteiger partial charge in [0.2, 0.25) is 5.91 Å². The zero-order chi connectivity index (χ0) is 16.9. The number of morpholine rings is 1. The van der Waals surface area contributed by atoms with E-state index in [2.05, 4.69) is 10.1 Å². The van der Waals surface area contributed by atoms with Gasteiger partial charge in [-0.25, -0.2) is 0 Å². The predicted molar refractivity (Wildman–Crippen MR) is 91.2 cm³/mol. The zero-order valence-corrected chi connectivity index (χ0v) is 14.6. The number of benzene rings is 1. The zero-order valence-electron chi connectivity index (χ0n) is 13.8. The van der Waals surface area contributed by atoms with E-state index in [0.717, 1.165) is 31.5 Å². The summed E-state index contributed by atoms with van der Waals surface area (Å²) < 4.78 is 34.9. The summed E-state index contributed by atoms with van der Waals surface area (Å²) >= 11 is 0. The number of alkyl halides is 2. The van der Waals surface area contributed by atoms with Crippen molar-refractivity contribution in [1.29, 1.82) is 0 Å². The van der Waals surface area contributed by atoms with E-state index in [9.17, 15) is 13.6 Å². The van der Waals surface area contributed by atoms with Crippen molar-refractivity contribution < 1.29 is 23.0 Å². The van der Waals surface area contributed by atoms with Gasteiger partial charge in [-0.15, -0.1) is 12.4 Å². The summed E-state index contributed by atoms with van der Waals surface area (Å²) in [5, 5.41) is 3.26. The van der Waals surface area contributed by atoms with Crippen molar-refractivity contribution in [3.63, 3.8) is 0 Å². The molecule has 2 fully saturated rings. The number of halogens is 3. The van der Waals surface area contributed by atoms with Gasteiger partial charge in [0.05, 0.1) is 13.2 Å². The highest BCUT2D eigenvalue weighted by atomic mass is 35.5. The van der Waals surface area contributed by atoms with Crippen LogP contribution < -0.4 is 10.1 Å². The molecule has 0 spiro atoms. The Labute approximate surface area is 152 Å². The van der Waals surface area contributed by atoms with Crippen molar-refractivity contribution in [2.75, 3.05) is 32.8 Å². The van der Waals surface area contributed by atoms with E-state index in [1.165, 1.54) is 6.07 Å². The Morgan fingerprint density at radius 1 is 1.32 bits per heavy atom. The second-order valence-corrected chi connectivity index (χ2v) is 6.12. The van der Waals surface area contributed by atoms with Gasteiger partial charge in [-0.05, 0) is 43.6 Å². The molecule has 8 heteroatoms. The summed E-state index contributed by atoms with van der Waals surface area (Å²) in [7, 11) is 0. The molecule has 1 aromatic carbocycles. The molecule has 0 radical (unpaired) electrons. The molecule has 3 rings (SSSR count). The van der Waals surface area contributed by atoms with E-state index in [1.807, 2.05) is 11.0 Å². The van der Waals surface area contributed by atoms with Crippen molar-refractivity contribution in [2.45, 2.75) is 25.6 Å². The van der Waals surface area contributed by atoms with Crippen LogP contribution in [0.3, 0.4) is 0 Å². The lowest BCUT2D eigenvalue weighted by atomic mass is 9.96. The lowest BCUT2D eigenvalue weighted by molar-refractivity contribution is -0.144. The van der Waals surface area contributed by atoms with Gasteiger partial charge in [-0.3, -0.25) is 4.79 Å². The Kier molecular flexibility index (Phi) is 7.40. The summed E-state index contributed by atoms with van der Waals surface area (Å²) in [6.07, 6.45) is 1.41. The maximum Gasteiger partial charge on any atom is 0.387 e. The number of carbonyl (C=O) groups is 1. The second kappa shape index (κ2) is 9.31. The normalized spacial score (nSPS) is 21.7. The van der Waals surface area contributed by atoms with Crippen LogP contribution in [0.4, 0.5) is 8.78 Å². The lowest BCUT2D eigenvalue weighted by Gasteiger charge is -2.36. The Hall–Kier alpha value is -1.44. The Morgan fingerprint density at radius 2 is 2.08 bits per heavy atom. The van der Waals surface area contributed by atoms with E-state index in [-0.39, 0.29) is 36.1 Å². The number of nitrogens with one attached hydrogen (secondary N) is 1. The third-order valence-electron chi connectivity index (χ3n) is 4.52. The lowest BCUT2D eigenvalue weighted by Crippen LogP contribution is -2.47. The van der Waals surface area contributed by atoms with Crippen molar-refractivity contribution in [3.05, 3.63) is 29.8 Å². The smallest absolute Gasteiger partial charge is 0.387 e. The number of piperidine rings is 1. The number of hydrogen-bond donors (Lipinski definition) is 1. The van der Waals surface area contributed by atoms with Gasteiger partial charge < -0.3 is 19.7 Å². The summed E-state index contributed by atoms with van der Waals surface area (Å²) in [6.45, 7) is 0.355. The van der Waals surface area contributed by atoms with Gasteiger partial charge in [0.1, 0.15) is 11.9 Å². The molecule has 2 heterocycles. The van der Waals surface area contributed by atoms with Crippen molar-refractivity contribution in [2.24, 2.45) is 5.92 Å². The minimum atomic E-state index is -2.86. The van der Waals surface area contributed by atoms with Gasteiger partial charge in [0.25, 0.3) is 0 Å². The maximum absolute atomic E-state index is 12.7. The summed E-state index contributed by atoms with van der Waals surface area (Å²) in [5.74, 6) is 0.344. The molecule has 2 aliphatic rings. The molecule has 2 saturated heterocycles. The first kappa shape index (κ1) is 19.9. The first-order chi connectivity index (χ1) is 11.6. The fourth-order valence-electron chi connectivity index (χ4n) is 3.27. The van der Waals surface area contributed by atoms with E-state index >= 15 is 0 Å². The molecule has 1 atom stereocenters. The molecule has 0 aromatic heterocycles. The van der Waals surface area contributed by atoms with Gasteiger partial charge >= 0.3 is 6.61 Å². The average Bonchev–Trinajstić information content (AvgIpc) is 2.62. The van der Waals surface area contributed by atoms with Crippen LogP contribution in [-0.4, -0.2) is 50.2 Å². The van der Waals surface area contributed by atoms with Gasteiger partial charge in [0, 0.05) is 12.5 Å². The molecule has 1 aromatic rings. The topological polar surface area (TPSA) is 50.8 Å². The Morgan fingerprint density at radius 3 is 2.80 bits per heavy atom. The van der Waals surface area contributed by atoms with Crippen LogP contribution >= 0.6 is 12.4 Å². The van der Waals surface area contributed by atoms with Crippen LogP contribution in [0.5, 0.6) is 5.75 Å². The van der Waals surface area contributed by atoms with E-state index in [0.29, 0.717) is 19.7 Å². The highest BCUT2D eigenvalue weighted by molar-refractivity contribution is 5.85. The minimum absolute atomic E-state index is 0. The number of hydrogen-bond acceptors (Lipinski definition) is 4. The second-order valence-electron chi connectivity index (χ2n) is 6.12. The van der Waals surface area contributed by atoms with Crippen molar-refractivity contribution in [3.8, 4) is 5.75 Å². The monoisotopic (exact) mass is 376 g/mol. The van der Waals surface area contributed by atoms with Gasteiger partial charge in [0.15, 0.2) is 0 Å². The molecule has 0 bridgehead atoms. The van der Waals surface area contributed by atoms with E-state index in [1.54, 1.807) is 12.1 Å². The minimum Gasteiger partial charge on any atom is -0.435 e. The van der Waals surface area contributed by atoms with Crippen LogP contribution in [-0.2, 0) is 9.53 Å². The Bertz CT molecular complexity index is 571. The van der Waals surface area contributed by atoms with Gasteiger partial charge in [-0.2, -0.15) is 8.78 Å². The number of ether oxygens (including phenoxy) is 2. The molecular formula is C17H23ClF2N2O3. The molecule has 1 unspecified atom stereocenters. The van der Waals surface area contributed by atoms with Crippen LogP contribution in [0.2, 0.25) is 0 Å². The number of carbonyl (C=O) groups excluding carboxylic acids is 1. The third-order valence-corrected chi connectivity index (χ3v) is 4.52. The van der Waals surface area contributed by atoms with Gasteiger partial charge in [-0.1, -0.05) is 12.1 Å². The number of rotatable bonds is 4. The maximum atomic E-state index is 12.7. The van der Waals surface area contributed by atoms with Crippen molar-refractivity contribution >= 4 is 18.3 Å². The third kappa shape index (κ3) is 5.26. The van der Waals surface area contributed by atoms with E-state index in [4.69, 9.17) is 4.74 Å². The van der Waals surface area contributed by atoms with E-state index < -0.39 is 6.61 Å². The first-order valence-electron chi connectivity index (χ1n) is 8.29. The Balaban J connectivity index is 0.00000225. The SMILES string of the molecule is Cl.O=C(C1CCNCC1)N1CCOC(c2cccc(OC(F)F)c2)C1. The fourth-order valence-corrected chi connectivity index (χ4v) is 3.27. The van der Waals surface area contributed by atoms with Crippen LogP contribution in [0.15, 0.2) is 24.3 Å². The fraction of sp³-hybridized carbons (Fsp3) is 0.588. The average molecular weight is 377 g/mol. The molecule has 0 saturated carbocycles. The van der Waals surface area contributed by atoms with Crippen LogP contribution in [0.1, 0.15) is 24.5 Å².